The molecule has 0 aliphatic carbocycles. The number of benzene rings is 2. The summed E-state index contributed by atoms with van der Waals surface area (Å²) in [6.07, 6.45) is 0. The van der Waals surface area contributed by atoms with Gasteiger partial charge in [-0.05, 0) is 29.8 Å². The molecule has 0 aromatic heterocycles. The maximum absolute atomic E-state index is 12.9. The fourth-order valence-electron chi connectivity index (χ4n) is 3.19. The molecule has 1 aliphatic heterocycles. The predicted molar refractivity (Wildman–Crippen MR) is 105 cm³/mol. The minimum atomic E-state index is -3.84. The van der Waals surface area contributed by atoms with Gasteiger partial charge in [-0.3, -0.25) is 15.0 Å². The number of hydrogen-bond donors (Lipinski definition) is 0. The number of nitro benzene ring substituents is 1. The Kier molecular flexibility index (Phi) is 6.12. The zero-order chi connectivity index (χ0) is 21.0. The summed E-state index contributed by atoms with van der Waals surface area (Å²) in [5.74, 6) is 0.0150. The van der Waals surface area contributed by atoms with E-state index in [0.29, 0.717) is 38.3 Å². The summed E-state index contributed by atoms with van der Waals surface area (Å²) in [6.45, 7) is 2.32. The molecule has 9 nitrogen and oxygen atoms in total. The van der Waals surface area contributed by atoms with Gasteiger partial charge in [0, 0.05) is 38.8 Å². The van der Waals surface area contributed by atoms with Crippen molar-refractivity contribution in [3.8, 4) is 11.8 Å². The van der Waals surface area contributed by atoms with Gasteiger partial charge in [-0.15, -0.1) is 0 Å². The third-order valence-electron chi connectivity index (χ3n) is 4.81. The molecule has 29 heavy (non-hydrogen) atoms. The molecule has 0 amide bonds. The van der Waals surface area contributed by atoms with Crippen LogP contribution in [0, 0.1) is 21.4 Å². The van der Waals surface area contributed by atoms with Crippen LogP contribution in [0.3, 0.4) is 0 Å². The highest BCUT2D eigenvalue weighted by atomic mass is 32.2. The number of methoxy groups -OCH3 is 1. The molecule has 0 atom stereocenters. The largest absolute Gasteiger partial charge is 0.490 e. The Morgan fingerprint density at radius 3 is 2.34 bits per heavy atom. The lowest BCUT2D eigenvalue weighted by molar-refractivity contribution is -0.386. The standard InChI is InChI=1S/C19H20N4O5S/c1-28-19-7-6-17(12-18(19)23(24)25)29(26,27)22-10-8-21(9-11-22)14-16-4-2-15(13-20)3-5-16/h2-7,12H,8-11,14H2,1H3. The Morgan fingerprint density at radius 1 is 1.14 bits per heavy atom. The van der Waals surface area contributed by atoms with E-state index in [0.717, 1.165) is 11.6 Å². The molecule has 10 heteroatoms. The molecular formula is C19H20N4O5S. The van der Waals surface area contributed by atoms with Crippen molar-refractivity contribution >= 4 is 15.7 Å². The van der Waals surface area contributed by atoms with Crippen LogP contribution in [0.2, 0.25) is 0 Å². The van der Waals surface area contributed by atoms with Gasteiger partial charge in [-0.2, -0.15) is 9.57 Å². The van der Waals surface area contributed by atoms with Gasteiger partial charge in [0.2, 0.25) is 10.0 Å². The van der Waals surface area contributed by atoms with Crippen molar-refractivity contribution in [3.63, 3.8) is 0 Å². The first-order valence-electron chi connectivity index (χ1n) is 8.89. The molecule has 3 rings (SSSR count). The number of nitrogens with zero attached hydrogens (tertiary/aromatic N) is 4. The molecular weight excluding hydrogens is 396 g/mol. The van der Waals surface area contributed by atoms with Crippen molar-refractivity contribution in [2.75, 3.05) is 33.3 Å². The molecule has 152 valence electrons. The molecule has 1 saturated heterocycles. The van der Waals surface area contributed by atoms with Crippen molar-refractivity contribution in [2.24, 2.45) is 0 Å². The molecule has 0 saturated carbocycles. The van der Waals surface area contributed by atoms with Crippen LogP contribution in [-0.4, -0.2) is 55.8 Å². The van der Waals surface area contributed by atoms with Gasteiger partial charge in [-0.1, -0.05) is 12.1 Å². The number of sulfonamides is 1. The van der Waals surface area contributed by atoms with Crippen molar-refractivity contribution in [1.82, 2.24) is 9.21 Å². The maximum atomic E-state index is 12.9. The van der Waals surface area contributed by atoms with Crippen LogP contribution >= 0.6 is 0 Å². The summed E-state index contributed by atoms with van der Waals surface area (Å²) in [4.78, 5) is 12.5. The van der Waals surface area contributed by atoms with E-state index in [1.54, 1.807) is 12.1 Å². The summed E-state index contributed by atoms with van der Waals surface area (Å²) in [5.41, 5.74) is 1.26. The SMILES string of the molecule is COc1ccc(S(=O)(=O)N2CCN(Cc3ccc(C#N)cc3)CC2)cc1[N+](=O)[O-]. The van der Waals surface area contributed by atoms with Crippen molar-refractivity contribution < 1.29 is 18.1 Å². The first kappa shape index (κ1) is 20.7. The summed E-state index contributed by atoms with van der Waals surface area (Å²) >= 11 is 0. The zero-order valence-corrected chi connectivity index (χ0v) is 16.6. The Balaban J connectivity index is 1.68. The van der Waals surface area contributed by atoms with Crippen LogP contribution in [-0.2, 0) is 16.6 Å². The van der Waals surface area contributed by atoms with E-state index < -0.39 is 14.9 Å². The van der Waals surface area contributed by atoms with E-state index >= 15 is 0 Å². The first-order valence-corrected chi connectivity index (χ1v) is 10.3. The molecule has 0 spiro atoms. The Bertz CT molecular complexity index is 1040. The molecule has 1 heterocycles. The second kappa shape index (κ2) is 8.57. The third-order valence-corrected chi connectivity index (χ3v) is 6.70. The van der Waals surface area contributed by atoms with Crippen molar-refractivity contribution in [2.45, 2.75) is 11.4 Å². The molecule has 0 unspecified atom stereocenters. The summed E-state index contributed by atoms with van der Waals surface area (Å²) in [5, 5.41) is 20.0. The highest BCUT2D eigenvalue weighted by Crippen LogP contribution is 2.30. The monoisotopic (exact) mass is 416 g/mol. The quantitative estimate of drug-likeness (QED) is 0.522. The van der Waals surface area contributed by atoms with Gasteiger partial charge < -0.3 is 4.74 Å². The second-order valence-corrected chi connectivity index (χ2v) is 8.52. The van der Waals surface area contributed by atoms with Crippen LogP contribution in [0.4, 0.5) is 5.69 Å². The summed E-state index contributed by atoms with van der Waals surface area (Å²) in [7, 11) is -2.54. The number of ether oxygens (including phenoxy) is 1. The van der Waals surface area contributed by atoms with Crippen LogP contribution in [0.5, 0.6) is 5.75 Å². The normalized spacial score (nSPS) is 15.6. The average molecular weight is 416 g/mol. The van der Waals surface area contributed by atoms with Crippen molar-refractivity contribution in [1.29, 1.82) is 5.26 Å². The minimum Gasteiger partial charge on any atom is -0.490 e. The molecule has 2 aromatic rings. The fraction of sp³-hybridized carbons (Fsp3) is 0.316. The molecule has 0 radical (unpaired) electrons. The summed E-state index contributed by atoms with van der Waals surface area (Å²) < 4.78 is 32.1. The average Bonchev–Trinajstić information content (AvgIpc) is 2.74. The van der Waals surface area contributed by atoms with Crippen LogP contribution < -0.4 is 4.74 Å². The van der Waals surface area contributed by atoms with Crippen LogP contribution in [0.25, 0.3) is 0 Å². The third kappa shape index (κ3) is 4.54. The van der Waals surface area contributed by atoms with E-state index in [-0.39, 0.29) is 16.3 Å². The molecule has 2 aromatic carbocycles. The summed E-state index contributed by atoms with van der Waals surface area (Å²) in [6, 6.07) is 13.0. The van der Waals surface area contributed by atoms with Crippen LogP contribution in [0.1, 0.15) is 11.1 Å². The highest BCUT2D eigenvalue weighted by Gasteiger charge is 2.30. The van der Waals surface area contributed by atoms with Gasteiger partial charge in [0.1, 0.15) is 0 Å². The Morgan fingerprint density at radius 2 is 1.79 bits per heavy atom. The number of rotatable bonds is 6. The number of hydrogen-bond acceptors (Lipinski definition) is 7. The van der Waals surface area contributed by atoms with Crippen LogP contribution in [0.15, 0.2) is 47.4 Å². The van der Waals surface area contributed by atoms with E-state index in [1.807, 2.05) is 12.1 Å². The topological polar surface area (TPSA) is 117 Å². The van der Waals surface area contributed by atoms with E-state index in [1.165, 1.54) is 23.5 Å². The lowest BCUT2D eigenvalue weighted by atomic mass is 10.1. The van der Waals surface area contributed by atoms with E-state index in [2.05, 4.69) is 11.0 Å². The van der Waals surface area contributed by atoms with E-state index in [4.69, 9.17) is 10.00 Å². The van der Waals surface area contributed by atoms with Gasteiger partial charge >= 0.3 is 5.69 Å². The number of nitro groups is 1. The maximum Gasteiger partial charge on any atom is 0.312 e. The Hall–Kier alpha value is -3.00. The molecule has 1 fully saturated rings. The first-order chi connectivity index (χ1) is 13.8. The van der Waals surface area contributed by atoms with Crippen molar-refractivity contribution in [3.05, 3.63) is 63.7 Å². The highest BCUT2D eigenvalue weighted by molar-refractivity contribution is 7.89. The number of nitriles is 1. The lowest BCUT2D eigenvalue weighted by Crippen LogP contribution is -2.48. The molecule has 1 aliphatic rings. The smallest absolute Gasteiger partial charge is 0.312 e. The van der Waals surface area contributed by atoms with E-state index in [9.17, 15) is 18.5 Å². The van der Waals surface area contributed by atoms with Gasteiger partial charge in [0.15, 0.2) is 5.75 Å². The zero-order valence-electron chi connectivity index (χ0n) is 15.8. The number of piperazine rings is 1. The van der Waals surface area contributed by atoms with Gasteiger partial charge in [0.25, 0.3) is 0 Å². The predicted octanol–water partition coefficient (Wildman–Crippen LogP) is 1.98. The Labute approximate surface area is 168 Å². The molecule has 0 bridgehead atoms. The minimum absolute atomic E-state index is 0.0150. The second-order valence-electron chi connectivity index (χ2n) is 6.58. The van der Waals surface area contributed by atoms with Gasteiger partial charge in [0.05, 0.1) is 28.6 Å². The molecule has 0 N–H and O–H groups in total. The fourth-order valence-corrected chi connectivity index (χ4v) is 4.64. The lowest BCUT2D eigenvalue weighted by Gasteiger charge is -2.34. The van der Waals surface area contributed by atoms with Gasteiger partial charge in [-0.25, -0.2) is 8.42 Å².